The molecule has 0 bridgehead atoms. The zero-order valence-corrected chi connectivity index (χ0v) is 15.1. The number of aromatic nitrogens is 2. The molecule has 0 saturated heterocycles. The lowest BCUT2D eigenvalue weighted by Crippen LogP contribution is -2.35. The van der Waals surface area contributed by atoms with Crippen molar-refractivity contribution >= 4 is 5.91 Å². The Kier molecular flexibility index (Phi) is 6.13. The molecule has 3 aromatic rings. The average molecular weight is 387 g/mol. The first kappa shape index (κ1) is 19.7. The van der Waals surface area contributed by atoms with Crippen LogP contribution in [0.2, 0.25) is 0 Å². The van der Waals surface area contributed by atoms with E-state index in [4.69, 9.17) is 0 Å². The Balaban J connectivity index is 1.71. The number of benzene rings is 2. The van der Waals surface area contributed by atoms with Crippen LogP contribution in [0.4, 0.5) is 13.2 Å². The summed E-state index contributed by atoms with van der Waals surface area (Å²) in [6.07, 6.45) is -2.68. The number of carbonyl (C=O) groups excluding carboxylic acids is 1. The maximum absolute atomic E-state index is 12.8. The second-order valence-electron chi connectivity index (χ2n) is 6.43. The fourth-order valence-electron chi connectivity index (χ4n) is 2.84. The molecule has 0 N–H and O–H groups in total. The third-order valence-electron chi connectivity index (χ3n) is 4.31. The molecule has 28 heavy (non-hydrogen) atoms. The predicted octanol–water partition coefficient (Wildman–Crippen LogP) is 4.17. The monoisotopic (exact) mass is 387 g/mol. The van der Waals surface area contributed by atoms with Gasteiger partial charge in [0.1, 0.15) is 6.54 Å². The zero-order chi connectivity index (χ0) is 20.0. The summed E-state index contributed by atoms with van der Waals surface area (Å²) in [7, 11) is 0. The van der Waals surface area contributed by atoms with Gasteiger partial charge < -0.3 is 4.90 Å². The van der Waals surface area contributed by atoms with Crippen molar-refractivity contribution in [3.63, 3.8) is 0 Å². The number of amides is 1. The van der Waals surface area contributed by atoms with Crippen LogP contribution < -0.4 is 0 Å². The minimum Gasteiger partial charge on any atom is -0.336 e. The van der Waals surface area contributed by atoms with Crippen LogP contribution in [-0.2, 0) is 30.5 Å². The smallest absolute Gasteiger partial charge is 0.336 e. The van der Waals surface area contributed by atoms with E-state index >= 15 is 0 Å². The molecule has 0 radical (unpaired) electrons. The van der Waals surface area contributed by atoms with Crippen LogP contribution in [0.15, 0.2) is 72.9 Å². The third kappa shape index (κ3) is 5.45. The molecule has 0 fully saturated rings. The van der Waals surface area contributed by atoms with Gasteiger partial charge in [-0.05, 0) is 23.6 Å². The highest BCUT2D eigenvalue weighted by Gasteiger charge is 2.33. The van der Waals surface area contributed by atoms with Gasteiger partial charge in [0.25, 0.3) is 0 Å². The van der Waals surface area contributed by atoms with Crippen molar-refractivity contribution in [1.82, 2.24) is 14.7 Å². The molecule has 0 spiro atoms. The average Bonchev–Trinajstić information content (AvgIpc) is 3.15. The molecule has 2 aromatic carbocycles. The highest BCUT2D eigenvalue weighted by molar-refractivity contribution is 5.76. The van der Waals surface area contributed by atoms with Gasteiger partial charge in [0.2, 0.25) is 5.91 Å². The summed E-state index contributed by atoms with van der Waals surface area (Å²) in [6.45, 7) is 0.614. The Bertz CT molecular complexity index is 892. The van der Waals surface area contributed by atoms with Gasteiger partial charge >= 0.3 is 6.18 Å². The Hall–Kier alpha value is -3.09. The largest absolute Gasteiger partial charge is 0.435 e. The van der Waals surface area contributed by atoms with Gasteiger partial charge in [-0.2, -0.15) is 18.3 Å². The number of nitrogens with zero attached hydrogens (tertiary/aromatic N) is 3. The molecule has 0 unspecified atom stereocenters. The molecule has 4 nitrogen and oxygen atoms in total. The number of hydrogen-bond donors (Lipinski definition) is 0. The summed E-state index contributed by atoms with van der Waals surface area (Å²) in [6, 6.07) is 20.1. The highest BCUT2D eigenvalue weighted by Crippen LogP contribution is 2.27. The fourth-order valence-corrected chi connectivity index (χ4v) is 2.84. The molecule has 1 amide bonds. The molecule has 3 rings (SSSR count). The Morgan fingerprint density at radius 3 is 2.11 bits per heavy atom. The molecule has 0 aliphatic heterocycles. The molecular formula is C21H20F3N3O. The molecule has 0 saturated carbocycles. The van der Waals surface area contributed by atoms with E-state index in [0.29, 0.717) is 19.5 Å². The molecule has 0 atom stereocenters. The first-order valence-corrected chi connectivity index (χ1v) is 8.88. The summed E-state index contributed by atoms with van der Waals surface area (Å²) in [4.78, 5) is 14.4. The first-order chi connectivity index (χ1) is 13.4. The lowest BCUT2D eigenvalue weighted by molar-refractivity contribution is -0.142. The number of halogens is 3. The van der Waals surface area contributed by atoms with Crippen LogP contribution in [0.25, 0.3) is 0 Å². The van der Waals surface area contributed by atoms with Crippen molar-refractivity contribution in [1.29, 1.82) is 0 Å². The van der Waals surface area contributed by atoms with Gasteiger partial charge in [-0.25, -0.2) is 0 Å². The van der Waals surface area contributed by atoms with Crippen molar-refractivity contribution in [2.24, 2.45) is 0 Å². The van der Waals surface area contributed by atoms with E-state index in [9.17, 15) is 18.0 Å². The quantitative estimate of drug-likeness (QED) is 0.610. The lowest BCUT2D eigenvalue weighted by atomic mass is 10.1. The van der Waals surface area contributed by atoms with Crippen molar-refractivity contribution in [2.45, 2.75) is 25.7 Å². The van der Waals surface area contributed by atoms with E-state index in [0.717, 1.165) is 21.9 Å². The number of rotatable bonds is 7. The van der Waals surface area contributed by atoms with Crippen molar-refractivity contribution in [3.8, 4) is 0 Å². The molecule has 7 heteroatoms. The second-order valence-corrected chi connectivity index (χ2v) is 6.43. The number of alkyl halides is 3. The molecule has 0 aliphatic carbocycles. The predicted molar refractivity (Wildman–Crippen MR) is 99.2 cm³/mol. The Labute approximate surface area is 161 Å². The van der Waals surface area contributed by atoms with Crippen LogP contribution in [0.3, 0.4) is 0 Å². The second kappa shape index (κ2) is 8.73. The van der Waals surface area contributed by atoms with E-state index in [-0.39, 0.29) is 12.5 Å². The van der Waals surface area contributed by atoms with Gasteiger partial charge in [0.05, 0.1) is 0 Å². The summed E-state index contributed by atoms with van der Waals surface area (Å²) < 4.78 is 39.2. The normalized spacial score (nSPS) is 11.4. The maximum Gasteiger partial charge on any atom is 0.435 e. The van der Waals surface area contributed by atoms with E-state index < -0.39 is 11.9 Å². The highest BCUT2D eigenvalue weighted by atomic mass is 19.4. The third-order valence-corrected chi connectivity index (χ3v) is 4.31. The minimum absolute atomic E-state index is 0.238. The molecule has 1 heterocycles. The van der Waals surface area contributed by atoms with Crippen LogP contribution in [-0.4, -0.2) is 27.1 Å². The van der Waals surface area contributed by atoms with Crippen LogP contribution >= 0.6 is 0 Å². The van der Waals surface area contributed by atoms with E-state index in [1.54, 1.807) is 4.90 Å². The van der Waals surface area contributed by atoms with Crippen LogP contribution in [0.5, 0.6) is 0 Å². The van der Waals surface area contributed by atoms with Gasteiger partial charge in [-0.3, -0.25) is 9.48 Å². The summed E-state index contributed by atoms with van der Waals surface area (Å²) in [5.74, 6) is -0.281. The molecule has 146 valence electrons. The summed E-state index contributed by atoms with van der Waals surface area (Å²) in [5.41, 5.74) is 1.05. The maximum atomic E-state index is 12.8. The SMILES string of the molecule is O=C(Cn1ccc(C(F)(F)F)n1)N(CCc1ccccc1)Cc1ccccc1. The molecule has 0 aliphatic rings. The fraction of sp³-hybridized carbons (Fsp3) is 0.238. The number of carbonyl (C=O) groups is 1. The van der Waals surface area contributed by atoms with Crippen LogP contribution in [0, 0.1) is 0 Å². The van der Waals surface area contributed by atoms with Gasteiger partial charge in [0, 0.05) is 19.3 Å². The summed E-state index contributed by atoms with van der Waals surface area (Å²) >= 11 is 0. The lowest BCUT2D eigenvalue weighted by Gasteiger charge is -2.23. The van der Waals surface area contributed by atoms with Crippen molar-refractivity contribution in [2.75, 3.05) is 6.54 Å². The Morgan fingerprint density at radius 1 is 0.929 bits per heavy atom. The van der Waals surface area contributed by atoms with E-state index in [1.807, 2.05) is 60.7 Å². The Morgan fingerprint density at radius 2 is 1.54 bits per heavy atom. The van der Waals surface area contributed by atoms with E-state index in [1.165, 1.54) is 6.20 Å². The topological polar surface area (TPSA) is 38.1 Å². The van der Waals surface area contributed by atoms with Crippen LogP contribution in [0.1, 0.15) is 16.8 Å². The van der Waals surface area contributed by atoms with Gasteiger partial charge in [-0.1, -0.05) is 60.7 Å². The number of hydrogen-bond acceptors (Lipinski definition) is 2. The van der Waals surface area contributed by atoms with Gasteiger partial charge in [0.15, 0.2) is 5.69 Å². The van der Waals surface area contributed by atoms with E-state index in [2.05, 4.69) is 5.10 Å². The molecule has 1 aromatic heterocycles. The standard InChI is InChI=1S/C21H20F3N3O/c22-21(23,24)19-12-14-27(25-19)16-20(28)26(15-18-9-5-2-6-10-18)13-11-17-7-3-1-4-8-17/h1-10,12,14H,11,13,15-16H2. The van der Waals surface area contributed by atoms with Crippen molar-refractivity contribution < 1.29 is 18.0 Å². The van der Waals surface area contributed by atoms with Gasteiger partial charge in [-0.15, -0.1) is 0 Å². The minimum atomic E-state index is -4.52. The summed E-state index contributed by atoms with van der Waals surface area (Å²) in [5, 5.41) is 3.47. The first-order valence-electron chi connectivity index (χ1n) is 8.88. The zero-order valence-electron chi connectivity index (χ0n) is 15.1. The van der Waals surface area contributed by atoms with Crippen molar-refractivity contribution in [3.05, 3.63) is 89.7 Å². The molecular weight excluding hydrogens is 367 g/mol.